The van der Waals surface area contributed by atoms with Crippen molar-refractivity contribution >= 4 is 21.8 Å². The smallest absolute Gasteiger partial charge is 0.258 e. The molecule has 2 fully saturated rings. The lowest BCUT2D eigenvalue weighted by molar-refractivity contribution is 0.0588. The minimum absolute atomic E-state index is 0.0859. The van der Waals surface area contributed by atoms with Crippen molar-refractivity contribution in [3.8, 4) is 0 Å². The minimum atomic E-state index is 0.0859. The highest BCUT2D eigenvalue weighted by Gasteiger charge is 2.29. The molecule has 0 atom stereocenters. The summed E-state index contributed by atoms with van der Waals surface area (Å²) in [4.78, 5) is 17.0. The number of hydrogen-bond donors (Lipinski definition) is 0. The molecule has 20 heavy (non-hydrogen) atoms. The van der Waals surface area contributed by atoms with E-state index in [4.69, 9.17) is 4.42 Å². The van der Waals surface area contributed by atoms with E-state index in [1.54, 1.807) is 12.3 Å². The van der Waals surface area contributed by atoms with Gasteiger partial charge < -0.3 is 14.2 Å². The fourth-order valence-corrected chi connectivity index (χ4v) is 3.74. The Morgan fingerprint density at radius 1 is 1.15 bits per heavy atom. The summed E-state index contributed by atoms with van der Waals surface area (Å²) in [5, 5.41) is 0. The summed E-state index contributed by atoms with van der Waals surface area (Å²) < 4.78 is 5.70. The Labute approximate surface area is 128 Å². The van der Waals surface area contributed by atoms with Crippen LogP contribution in [0.3, 0.4) is 0 Å². The zero-order valence-corrected chi connectivity index (χ0v) is 13.3. The molecule has 0 aliphatic carbocycles. The van der Waals surface area contributed by atoms with Crippen LogP contribution < -0.4 is 0 Å². The highest BCUT2D eigenvalue weighted by Crippen LogP contribution is 2.24. The maximum atomic E-state index is 12.4. The van der Waals surface area contributed by atoms with Crippen molar-refractivity contribution < 1.29 is 9.21 Å². The van der Waals surface area contributed by atoms with Crippen molar-refractivity contribution in [3.05, 3.63) is 22.6 Å². The van der Waals surface area contributed by atoms with Crippen molar-refractivity contribution in [2.45, 2.75) is 38.1 Å². The predicted octanol–water partition coefficient (Wildman–Crippen LogP) is 3.13. The first-order valence-corrected chi connectivity index (χ1v) is 8.31. The Morgan fingerprint density at radius 2 is 1.85 bits per heavy atom. The molecule has 110 valence electrons. The van der Waals surface area contributed by atoms with Crippen molar-refractivity contribution in [3.63, 3.8) is 0 Å². The molecule has 4 nitrogen and oxygen atoms in total. The van der Waals surface area contributed by atoms with Gasteiger partial charge in [-0.1, -0.05) is 6.42 Å². The van der Waals surface area contributed by atoms with Gasteiger partial charge in [-0.3, -0.25) is 4.79 Å². The second kappa shape index (κ2) is 6.31. The molecule has 0 spiro atoms. The highest BCUT2D eigenvalue weighted by atomic mass is 79.9. The molecular weight excluding hydrogens is 320 g/mol. The molecule has 2 saturated heterocycles. The van der Waals surface area contributed by atoms with Gasteiger partial charge in [-0.25, -0.2) is 0 Å². The first-order valence-electron chi connectivity index (χ1n) is 7.52. The van der Waals surface area contributed by atoms with Crippen LogP contribution in [0.1, 0.15) is 42.5 Å². The summed E-state index contributed by atoms with van der Waals surface area (Å²) in [6.45, 7) is 4.20. The first kappa shape index (κ1) is 14.1. The maximum Gasteiger partial charge on any atom is 0.258 e. The van der Waals surface area contributed by atoms with Gasteiger partial charge in [0.1, 0.15) is 0 Å². The quantitative estimate of drug-likeness (QED) is 0.829. The van der Waals surface area contributed by atoms with Gasteiger partial charge in [-0.15, -0.1) is 0 Å². The molecule has 0 radical (unpaired) electrons. The number of carbonyl (C=O) groups is 1. The van der Waals surface area contributed by atoms with Crippen molar-refractivity contribution in [2.24, 2.45) is 0 Å². The Bertz CT molecular complexity index is 460. The lowest BCUT2D eigenvalue weighted by atomic mass is 9.99. The van der Waals surface area contributed by atoms with E-state index in [1.165, 1.54) is 32.4 Å². The van der Waals surface area contributed by atoms with Crippen LogP contribution in [0.4, 0.5) is 0 Å². The number of halogens is 1. The summed E-state index contributed by atoms with van der Waals surface area (Å²) in [7, 11) is 0. The lowest BCUT2D eigenvalue weighted by Gasteiger charge is -2.40. The Balaban J connectivity index is 1.55. The highest BCUT2D eigenvalue weighted by molar-refractivity contribution is 9.10. The lowest BCUT2D eigenvalue weighted by Crippen LogP contribution is -2.48. The van der Waals surface area contributed by atoms with Crippen LogP contribution >= 0.6 is 15.9 Å². The number of amides is 1. The van der Waals surface area contributed by atoms with Crippen molar-refractivity contribution in [1.82, 2.24) is 9.80 Å². The molecule has 3 heterocycles. The van der Waals surface area contributed by atoms with E-state index in [-0.39, 0.29) is 5.91 Å². The van der Waals surface area contributed by atoms with Gasteiger partial charge >= 0.3 is 0 Å². The van der Waals surface area contributed by atoms with E-state index in [0.717, 1.165) is 25.9 Å². The first-order chi connectivity index (χ1) is 9.75. The standard InChI is InChI=1S/C15H21BrN2O2/c16-14-13(6-11-20-14)15(19)18-9-4-12(5-10-18)17-7-2-1-3-8-17/h6,11-12H,1-5,7-10H2. The Kier molecular flexibility index (Phi) is 4.46. The summed E-state index contributed by atoms with van der Waals surface area (Å²) in [5.74, 6) is 0.0859. The normalized spacial score (nSPS) is 22.1. The van der Waals surface area contributed by atoms with E-state index in [2.05, 4.69) is 20.8 Å². The van der Waals surface area contributed by atoms with Crippen molar-refractivity contribution in [1.29, 1.82) is 0 Å². The number of carbonyl (C=O) groups excluding carboxylic acids is 1. The second-order valence-electron chi connectivity index (χ2n) is 5.73. The molecule has 1 aromatic heterocycles. The average molecular weight is 341 g/mol. The SMILES string of the molecule is O=C(c1ccoc1Br)N1CCC(N2CCCCC2)CC1. The number of furan rings is 1. The third-order valence-electron chi connectivity index (χ3n) is 4.51. The molecule has 1 amide bonds. The van der Waals surface area contributed by atoms with Crippen LogP contribution in [0, 0.1) is 0 Å². The third kappa shape index (κ3) is 2.93. The number of likely N-dealkylation sites (tertiary alicyclic amines) is 2. The molecule has 1 aromatic rings. The average Bonchev–Trinajstić information content (AvgIpc) is 2.94. The molecule has 0 N–H and O–H groups in total. The molecule has 0 saturated carbocycles. The van der Waals surface area contributed by atoms with Crippen LogP contribution in [0.5, 0.6) is 0 Å². The van der Waals surface area contributed by atoms with Crippen LogP contribution in [0.2, 0.25) is 0 Å². The largest absolute Gasteiger partial charge is 0.457 e. The van der Waals surface area contributed by atoms with Gasteiger partial charge in [-0.05, 0) is 60.8 Å². The Hall–Kier alpha value is -0.810. The summed E-state index contributed by atoms with van der Waals surface area (Å²) in [6.07, 6.45) is 7.80. The van der Waals surface area contributed by atoms with Gasteiger partial charge in [0.25, 0.3) is 5.91 Å². The van der Waals surface area contributed by atoms with Crippen LogP contribution in [-0.4, -0.2) is 47.9 Å². The van der Waals surface area contributed by atoms with Crippen LogP contribution in [0.15, 0.2) is 21.4 Å². The molecule has 2 aliphatic rings. The summed E-state index contributed by atoms with van der Waals surface area (Å²) >= 11 is 3.29. The van der Waals surface area contributed by atoms with Gasteiger partial charge in [0.05, 0.1) is 11.8 Å². The van der Waals surface area contributed by atoms with E-state index in [1.807, 2.05) is 4.90 Å². The van der Waals surface area contributed by atoms with Gasteiger partial charge in [0.2, 0.25) is 0 Å². The van der Waals surface area contributed by atoms with E-state index in [9.17, 15) is 4.79 Å². The fourth-order valence-electron chi connectivity index (χ4n) is 3.33. The zero-order chi connectivity index (χ0) is 13.9. The molecular formula is C15H21BrN2O2. The van der Waals surface area contributed by atoms with E-state index < -0.39 is 0 Å². The monoisotopic (exact) mass is 340 g/mol. The molecule has 0 unspecified atom stereocenters. The van der Waals surface area contributed by atoms with E-state index >= 15 is 0 Å². The molecule has 2 aliphatic heterocycles. The topological polar surface area (TPSA) is 36.7 Å². The number of piperidine rings is 2. The zero-order valence-electron chi connectivity index (χ0n) is 11.7. The van der Waals surface area contributed by atoms with Gasteiger partial charge in [0, 0.05) is 19.1 Å². The molecule has 0 aromatic carbocycles. The second-order valence-corrected chi connectivity index (χ2v) is 6.45. The van der Waals surface area contributed by atoms with Gasteiger partial charge in [-0.2, -0.15) is 0 Å². The van der Waals surface area contributed by atoms with Crippen LogP contribution in [0.25, 0.3) is 0 Å². The van der Waals surface area contributed by atoms with Crippen molar-refractivity contribution in [2.75, 3.05) is 26.2 Å². The summed E-state index contributed by atoms with van der Waals surface area (Å²) in [6, 6.07) is 2.41. The molecule has 3 rings (SSSR count). The molecule has 0 bridgehead atoms. The fraction of sp³-hybridized carbons (Fsp3) is 0.667. The summed E-state index contributed by atoms with van der Waals surface area (Å²) in [5.41, 5.74) is 0.640. The minimum Gasteiger partial charge on any atom is -0.457 e. The van der Waals surface area contributed by atoms with E-state index in [0.29, 0.717) is 16.3 Å². The van der Waals surface area contributed by atoms with Gasteiger partial charge in [0.15, 0.2) is 4.67 Å². The third-order valence-corrected chi connectivity index (χ3v) is 5.12. The maximum absolute atomic E-state index is 12.4. The molecule has 5 heteroatoms. The number of hydrogen-bond acceptors (Lipinski definition) is 3. The predicted molar refractivity (Wildman–Crippen MR) is 80.8 cm³/mol. The Morgan fingerprint density at radius 3 is 2.45 bits per heavy atom. The van der Waals surface area contributed by atoms with Crippen LogP contribution in [-0.2, 0) is 0 Å². The number of nitrogens with zero attached hydrogens (tertiary/aromatic N) is 2. The number of rotatable bonds is 2.